The molecule has 2 aliphatic rings. The molecule has 4 amide bonds. The molecule has 1 heterocycles. The first kappa shape index (κ1) is 23.2. The monoisotopic (exact) mass is 460 g/mol. The van der Waals surface area contributed by atoms with Crippen molar-refractivity contribution in [2.45, 2.75) is 33.1 Å². The third-order valence-corrected chi connectivity index (χ3v) is 5.92. The van der Waals surface area contributed by atoms with Crippen LogP contribution in [0, 0.1) is 17.8 Å². The molecule has 34 heavy (non-hydrogen) atoms. The predicted octanol–water partition coefficient (Wildman–Crippen LogP) is 3.88. The SMILES string of the molecule is CC(C)CC(=O)Nc1ccc(NC(=O)c2cccc(N3NC(=O)C4CC=CCC4C3=O)c2)cc1. The molecule has 0 saturated carbocycles. The maximum Gasteiger partial charge on any atom is 0.255 e. The highest BCUT2D eigenvalue weighted by molar-refractivity contribution is 6.07. The molecule has 1 aliphatic carbocycles. The van der Waals surface area contributed by atoms with Crippen LogP contribution in [-0.2, 0) is 14.4 Å². The fourth-order valence-electron chi connectivity index (χ4n) is 4.19. The van der Waals surface area contributed by atoms with Crippen molar-refractivity contribution in [3.63, 3.8) is 0 Å². The smallest absolute Gasteiger partial charge is 0.255 e. The minimum Gasteiger partial charge on any atom is -0.326 e. The van der Waals surface area contributed by atoms with E-state index in [1.54, 1.807) is 48.5 Å². The topological polar surface area (TPSA) is 108 Å². The molecule has 3 N–H and O–H groups in total. The van der Waals surface area contributed by atoms with Crippen molar-refractivity contribution in [3.05, 3.63) is 66.2 Å². The minimum atomic E-state index is -0.393. The summed E-state index contributed by atoms with van der Waals surface area (Å²) in [5, 5.41) is 6.89. The second-order valence-corrected chi connectivity index (χ2v) is 9.03. The van der Waals surface area contributed by atoms with Gasteiger partial charge in [0, 0.05) is 23.4 Å². The van der Waals surface area contributed by atoms with Gasteiger partial charge in [-0.3, -0.25) is 24.6 Å². The summed E-state index contributed by atoms with van der Waals surface area (Å²) < 4.78 is 0. The Labute approximate surface area is 198 Å². The van der Waals surface area contributed by atoms with E-state index in [9.17, 15) is 19.2 Å². The predicted molar refractivity (Wildman–Crippen MR) is 130 cm³/mol. The molecule has 2 aromatic carbocycles. The molecule has 2 aromatic rings. The van der Waals surface area contributed by atoms with Gasteiger partial charge >= 0.3 is 0 Å². The highest BCUT2D eigenvalue weighted by atomic mass is 16.2. The van der Waals surface area contributed by atoms with Crippen LogP contribution >= 0.6 is 0 Å². The van der Waals surface area contributed by atoms with Crippen LogP contribution in [0.25, 0.3) is 0 Å². The zero-order valence-electron chi connectivity index (χ0n) is 19.2. The molecular weight excluding hydrogens is 432 g/mol. The van der Waals surface area contributed by atoms with Crippen LogP contribution in [0.3, 0.4) is 0 Å². The van der Waals surface area contributed by atoms with E-state index in [4.69, 9.17) is 0 Å². The van der Waals surface area contributed by atoms with Crippen molar-refractivity contribution in [1.82, 2.24) is 5.43 Å². The third-order valence-electron chi connectivity index (χ3n) is 5.92. The number of nitrogens with one attached hydrogen (secondary N) is 3. The van der Waals surface area contributed by atoms with Gasteiger partial charge in [0.15, 0.2) is 0 Å². The van der Waals surface area contributed by atoms with Crippen LogP contribution in [0.2, 0.25) is 0 Å². The second-order valence-electron chi connectivity index (χ2n) is 9.03. The zero-order valence-corrected chi connectivity index (χ0v) is 19.2. The van der Waals surface area contributed by atoms with Gasteiger partial charge in [-0.15, -0.1) is 0 Å². The average molecular weight is 461 g/mol. The van der Waals surface area contributed by atoms with E-state index in [0.29, 0.717) is 41.9 Å². The molecule has 8 nitrogen and oxygen atoms in total. The number of carbonyl (C=O) groups is 4. The lowest BCUT2D eigenvalue weighted by Crippen LogP contribution is -2.59. The summed E-state index contributed by atoms with van der Waals surface area (Å²) in [5.74, 6) is -1.25. The summed E-state index contributed by atoms with van der Waals surface area (Å²) >= 11 is 0. The highest BCUT2D eigenvalue weighted by Gasteiger charge is 2.42. The Kier molecular flexibility index (Phi) is 6.77. The number of allylic oxidation sites excluding steroid dienone is 2. The third kappa shape index (κ3) is 5.17. The quantitative estimate of drug-likeness (QED) is 0.569. The van der Waals surface area contributed by atoms with Crippen molar-refractivity contribution in [3.8, 4) is 0 Å². The Hall–Kier alpha value is -3.94. The standard InChI is InChI=1S/C26H28N4O4/c1-16(2)14-23(31)27-18-10-12-19(13-11-18)28-24(32)17-6-5-7-20(15-17)30-26(34)22-9-4-3-8-21(22)25(33)29-30/h3-7,10-13,15-16,21-22H,8-9,14H2,1-2H3,(H,27,31)(H,28,32)(H,29,33). The molecule has 0 bridgehead atoms. The number of rotatable bonds is 6. The Morgan fingerprint density at radius 2 is 1.62 bits per heavy atom. The maximum atomic E-state index is 13.0. The minimum absolute atomic E-state index is 0.0569. The first-order valence-electron chi connectivity index (χ1n) is 11.4. The van der Waals surface area contributed by atoms with Crippen LogP contribution in [0.15, 0.2) is 60.7 Å². The number of hydrazine groups is 1. The number of amides is 4. The highest BCUT2D eigenvalue weighted by Crippen LogP contribution is 2.32. The average Bonchev–Trinajstić information content (AvgIpc) is 2.82. The van der Waals surface area contributed by atoms with E-state index >= 15 is 0 Å². The van der Waals surface area contributed by atoms with E-state index in [1.165, 1.54) is 5.01 Å². The number of benzene rings is 2. The Morgan fingerprint density at radius 3 is 2.29 bits per heavy atom. The van der Waals surface area contributed by atoms with Crippen LogP contribution in [0.1, 0.15) is 43.5 Å². The molecule has 176 valence electrons. The van der Waals surface area contributed by atoms with Gasteiger partial charge in [-0.2, -0.15) is 0 Å². The first-order chi connectivity index (χ1) is 16.3. The van der Waals surface area contributed by atoms with Crippen molar-refractivity contribution in [2.24, 2.45) is 17.8 Å². The van der Waals surface area contributed by atoms with Gasteiger partial charge in [-0.1, -0.05) is 32.1 Å². The number of hydrogen-bond acceptors (Lipinski definition) is 4. The normalized spacial score (nSPS) is 19.4. The molecule has 2 unspecified atom stereocenters. The molecule has 2 atom stereocenters. The summed E-state index contributed by atoms with van der Waals surface area (Å²) in [7, 11) is 0. The van der Waals surface area contributed by atoms with Crippen LogP contribution in [0.5, 0.6) is 0 Å². The van der Waals surface area contributed by atoms with E-state index in [0.717, 1.165) is 0 Å². The Bertz CT molecular complexity index is 1140. The lowest BCUT2D eigenvalue weighted by Gasteiger charge is -2.38. The number of nitrogens with zero attached hydrogens (tertiary/aromatic N) is 1. The van der Waals surface area contributed by atoms with E-state index in [-0.39, 0.29) is 35.5 Å². The molecule has 0 aromatic heterocycles. The van der Waals surface area contributed by atoms with Gasteiger partial charge in [-0.25, -0.2) is 5.01 Å². The van der Waals surface area contributed by atoms with Gasteiger partial charge in [0.05, 0.1) is 17.5 Å². The van der Waals surface area contributed by atoms with Crippen molar-refractivity contribution in [1.29, 1.82) is 0 Å². The fourth-order valence-corrected chi connectivity index (χ4v) is 4.19. The molecule has 0 radical (unpaired) electrons. The summed E-state index contributed by atoms with van der Waals surface area (Å²) in [4.78, 5) is 50.3. The van der Waals surface area contributed by atoms with Crippen LogP contribution in [-0.4, -0.2) is 23.6 Å². The molecule has 1 fully saturated rings. The number of hydrogen-bond donors (Lipinski definition) is 3. The number of carbonyl (C=O) groups excluding carboxylic acids is 4. The van der Waals surface area contributed by atoms with Gasteiger partial charge in [0.25, 0.3) is 5.91 Å². The molecule has 1 aliphatic heterocycles. The van der Waals surface area contributed by atoms with Gasteiger partial charge in [0.1, 0.15) is 0 Å². The number of anilines is 3. The first-order valence-corrected chi connectivity index (χ1v) is 11.4. The summed E-state index contributed by atoms with van der Waals surface area (Å²) in [5.41, 5.74) is 4.67. The molecule has 8 heteroatoms. The lowest BCUT2D eigenvalue weighted by molar-refractivity contribution is -0.139. The fraction of sp³-hybridized carbons (Fsp3) is 0.308. The number of fused-ring (bicyclic) bond motifs is 1. The largest absolute Gasteiger partial charge is 0.326 e. The van der Waals surface area contributed by atoms with Crippen molar-refractivity contribution in [2.75, 3.05) is 15.6 Å². The Balaban J connectivity index is 1.43. The lowest BCUT2D eigenvalue weighted by atomic mass is 9.80. The van der Waals surface area contributed by atoms with E-state index in [1.807, 2.05) is 26.0 Å². The Morgan fingerprint density at radius 1 is 0.971 bits per heavy atom. The van der Waals surface area contributed by atoms with Gasteiger partial charge < -0.3 is 10.6 Å². The molecular formula is C26H28N4O4. The molecule has 4 rings (SSSR count). The molecule has 0 spiro atoms. The van der Waals surface area contributed by atoms with Crippen LogP contribution < -0.4 is 21.1 Å². The van der Waals surface area contributed by atoms with Gasteiger partial charge in [-0.05, 0) is 61.2 Å². The molecule has 1 saturated heterocycles. The summed E-state index contributed by atoms with van der Waals surface area (Å²) in [6, 6.07) is 13.4. The second kappa shape index (κ2) is 9.91. The maximum absolute atomic E-state index is 13.0. The van der Waals surface area contributed by atoms with Crippen molar-refractivity contribution < 1.29 is 19.2 Å². The summed E-state index contributed by atoms with van der Waals surface area (Å²) in [6.07, 6.45) is 5.38. The summed E-state index contributed by atoms with van der Waals surface area (Å²) in [6.45, 7) is 3.96. The van der Waals surface area contributed by atoms with E-state index < -0.39 is 5.92 Å². The zero-order chi connectivity index (χ0) is 24.2. The van der Waals surface area contributed by atoms with Crippen molar-refractivity contribution >= 4 is 40.7 Å². The van der Waals surface area contributed by atoms with E-state index in [2.05, 4.69) is 16.1 Å². The van der Waals surface area contributed by atoms with Gasteiger partial charge in [0.2, 0.25) is 17.7 Å². The van der Waals surface area contributed by atoms with Crippen LogP contribution in [0.4, 0.5) is 17.1 Å².